The molecule has 154 valence electrons. The standard InChI is InChI=1S/C20H18F2N6O2/c1-11(29)28-4-5-30-19-14(21)6-13(7-16(19)28)18-15(22)10-25-20(27-18)26-17-3-2-12(8-23)9-24-17/h2-3,6-7,9-10H,4-5,8,23H2,1H3,(H,24,25,26,27). The molecule has 0 bridgehead atoms. The number of hydrogen-bond donors (Lipinski definition) is 2. The van der Waals surface area contributed by atoms with Crippen LogP contribution in [0.15, 0.2) is 36.7 Å². The van der Waals surface area contributed by atoms with Gasteiger partial charge in [-0.1, -0.05) is 6.07 Å². The van der Waals surface area contributed by atoms with Crippen LogP contribution in [0.2, 0.25) is 0 Å². The van der Waals surface area contributed by atoms with Gasteiger partial charge in [0.1, 0.15) is 18.1 Å². The van der Waals surface area contributed by atoms with E-state index in [1.807, 2.05) is 0 Å². The summed E-state index contributed by atoms with van der Waals surface area (Å²) >= 11 is 0. The minimum Gasteiger partial charge on any atom is -0.486 e. The number of rotatable bonds is 4. The summed E-state index contributed by atoms with van der Waals surface area (Å²) in [5, 5.41) is 2.87. The van der Waals surface area contributed by atoms with Gasteiger partial charge < -0.3 is 20.7 Å². The molecule has 2 aromatic heterocycles. The number of fused-ring (bicyclic) bond motifs is 1. The lowest BCUT2D eigenvalue weighted by atomic mass is 10.1. The molecule has 3 heterocycles. The van der Waals surface area contributed by atoms with Crippen molar-refractivity contribution in [2.75, 3.05) is 23.4 Å². The Labute approximate surface area is 170 Å². The third-order valence-corrected chi connectivity index (χ3v) is 4.57. The predicted molar refractivity (Wildman–Crippen MR) is 106 cm³/mol. The van der Waals surface area contributed by atoms with E-state index in [0.717, 1.165) is 17.8 Å². The normalized spacial score (nSPS) is 12.9. The van der Waals surface area contributed by atoms with Gasteiger partial charge in [-0.25, -0.2) is 23.7 Å². The van der Waals surface area contributed by atoms with E-state index in [9.17, 15) is 13.6 Å². The Kier molecular flexibility index (Phi) is 5.23. The summed E-state index contributed by atoms with van der Waals surface area (Å²) in [6.45, 7) is 2.18. The van der Waals surface area contributed by atoms with Crippen LogP contribution in [0.3, 0.4) is 0 Å². The van der Waals surface area contributed by atoms with E-state index in [1.54, 1.807) is 18.3 Å². The van der Waals surface area contributed by atoms with Gasteiger partial charge in [-0.2, -0.15) is 0 Å². The van der Waals surface area contributed by atoms with Crippen molar-refractivity contribution in [2.45, 2.75) is 13.5 Å². The molecule has 3 aromatic rings. The number of aromatic nitrogens is 3. The highest BCUT2D eigenvalue weighted by Gasteiger charge is 2.26. The molecule has 1 amide bonds. The summed E-state index contributed by atoms with van der Waals surface area (Å²) in [5.41, 5.74) is 6.66. The van der Waals surface area contributed by atoms with Gasteiger partial charge in [0.25, 0.3) is 0 Å². The van der Waals surface area contributed by atoms with Crippen LogP contribution in [0, 0.1) is 11.6 Å². The summed E-state index contributed by atoms with van der Waals surface area (Å²) in [4.78, 5) is 25.6. The van der Waals surface area contributed by atoms with Gasteiger partial charge in [-0.15, -0.1) is 0 Å². The maximum atomic E-state index is 14.6. The summed E-state index contributed by atoms with van der Waals surface area (Å²) < 4.78 is 34.5. The Balaban J connectivity index is 1.71. The monoisotopic (exact) mass is 412 g/mol. The molecule has 1 aliphatic rings. The summed E-state index contributed by atoms with van der Waals surface area (Å²) in [5.74, 6) is -1.24. The number of hydrogen-bond acceptors (Lipinski definition) is 7. The quantitative estimate of drug-likeness (QED) is 0.679. The van der Waals surface area contributed by atoms with Crippen molar-refractivity contribution >= 4 is 23.4 Å². The number of carbonyl (C=O) groups is 1. The fourth-order valence-corrected chi connectivity index (χ4v) is 3.11. The highest BCUT2D eigenvalue weighted by molar-refractivity contribution is 5.94. The van der Waals surface area contributed by atoms with Crippen molar-refractivity contribution in [1.82, 2.24) is 15.0 Å². The van der Waals surface area contributed by atoms with Crippen LogP contribution in [0.1, 0.15) is 12.5 Å². The lowest BCUT2D eigenvalue weighted by Crippen LogP contribution is -2.36. The van der Waals surface area contributed by atoms with E-state index in [0.29, 0.717) is 12.4 Å². The average Bonchev–Trinajstić information content (AvgIpc) is 2.75. The fraction of sp³-hybridized carbons (Fsp3) is 0.200. The van der Waals surface area contributed by atoms with Crippen LogP contribution < -0.4 is 20.7 Å². The van der Waals surface area contributed by atoms with Crippen LogP contribution in [-0.2, 0) is 11.3 Å². The van der Waals surface area contributed by atoms with E-state index in [1.165, 1.54) is 17.9 Å². The van der Waals surface area contributed by atoms with Crippen LogP contribution in [0.4, 0.5) is 26.2 Å². The molecule has 4 rings (SSSR count). The summed E-state index contributed by atoms with van der Waals surface area (Å²) in [7, 11) is 0. The molecule has 0 fully saturated rings. The number of nitrogens with zero attached hydrogens (tertiary/aromatic N) is 4. The minimum atomic E-state index is -0.738. The number of ether oxygens (including phenoxy) is 1. The van der Waals surface area contributed by atoms with Crippen LogP contribution in [-0.4, -0.2) is 34.0 Å². The van der Waals surface area contributed by atoms with E-state index in [-0.39, 0.29) is 47.7 Å². The van der Waals surface area contributed by atoms with Crippen molar-refractivity contribution in [3.63, 3.8) is 0 Å². The molecule has 30 heavy (non-hydrogen) atoms. The Morgan fingerprint density at radius 3 is 2.77 bits per heavy atom. The van der Waals surface area contributed by atoms with E-state index in [2.05, 4.69) is 20.3 Å². The number of pyridine rings is 1. The molecule has 0 saturated carbocycles. The first kappa shape index (κ1) is 19.6. The maximum Gasteiger partial charge on any atom is 0.229 e. The van der Waals surface area contributed by atoms with Gasteiger partial charge in [0.05, 0.1) is 18.4 Å². The first-order valence-electron chi connectivity index (χ1n) is 9.15. The van der Waals surface area contributed by atoms with E-state index >= 15 is 0 Å². The molecule has 0 radical (unpaired) electrons. The maximum absolute atomic E-state index is 14.6. The van der Waals surface area contributed by atoms with Crippen molar-refractivity contribution < 1.29 is 18.3 Å². The topological polar surface area (TPSA) is 106 Å². The number of amides is 1. The SMILES string of the molecule is CC(=O)N1CCOc2c(F)cc(-c3nc(Nc4ccc(CN)cn4)ncc3F)cc21. The Bertz CT molecular complexity index is 1110. The Morgan fingerprint density at radius 1 is 1.23 bits per heavy atom. The molecule has 0 atom stereocenters. The summed E-state index contributed by atoms with van der Waals surface area (Å²) in [6.07, 6.45) is 2.58. The molecule has 8 nitrogen and oxygen atoms in total. The second-order valence-corrected chi connectivity index (χ2v) is 6.60. The third-order valence-electron chi connectivity index (χ3n) is 4.57. The van der Waals surface area contributed by atoms with Gasteiger partial charge in [0.15, 0.2) is 17.4 Å². The molecular weight excluding hydrogens is 394 g/mol. The molecule has 10 heteroatoms. The molecule has 0 saturated heterocycles. The lowest BCUT2D eigenvalue weighted by molar-refractivity contribution is -0.116. The van der Waals surface area contributed by atoms with Crippen LogP contribution in [0.5, 0.6) is 5.75 Å². The van der Waals surface area contributed by atoms with Crippen LogP contribution >= 0.6 is 0 Å². The van der Waals surface area contributed by atoms with E-state index in [4.69, 9.17) is 10.5 Å². The highest BCUT2D eigenvalue weighted by atomic mass is 19.1. The van der Waals surface area contributed by atoms with Crippen molar-refractivity contribution in [3.05, 3.63) is 53.9 Å². The number of halogens is 2. The van der Waals surface area contributed by atoms with Crippen molar-refractivity contribution in [3.8, 4) is 17.0 Å². The van der Waals surface area contributed by atoms with Crippen LogP contribution in [0.25, 0.3) is 11.3 Å². The summed E-state index contributed by atoms with van der Waals surface area (Å²) in [6, 6.07) is 6.07. The van der Waals surface area contributed by atoms with Crippen molar-refractivity contribution in [2.24, 2.45) is 5.73 Å². The molecule has 0 aliphatic carbocycles. The number of nitrogens with one attached hydrogen (secondary N) is 1. The predicted octanol–water partition coefficient (Wildman–Crippen LogP) is 2.76. The molecule has 1 aromatic carbocycles. The third kappa shape index (κ3) is 3.77. The van der Waals surface area contributed by atoms with Crippen molar-refractivity contribution in [1.29, 1.82) is 0 Å². The highest BCUT2D eigenvalue weighted by Crippen LogP contribution is 2.38. The van der Waals surface area contributed by atoms with Gasteiger partial charge in [0, 0.05) is 25.2 Å². The lowest BCUT2D eigenvalue weighted by Gasteiger charge is -2.29. The second-order valence-electron chi connectivity index (χ2n) is 6.60. The molecule has 0 spiro atoms. The average molecular weight is 412 g/mol. The number of carbonyl (C=O) groups excluding carboxylic acids is 1. The molecule has 0 unspecified atom stereocenters. The Hall–Kier alpha value is -3.66. The zero-order chi connectivity index (χ0) is 21.3. The van der Waals surface area contributed by atoms with Gasteiger partial charge in [-0.3, -0.25) is 4.79 Å². The number of anilines is 3. The van der Waals surface area contributed by atoms with E-state index < -0.39 is 11.6 Å². The van der Waals surface area contributed by atoms with Gasteiger partial charge >= 0.3 is 0 Å². The zero-order valence-corrected chi connectivity index (χ0v) is 16.0. The number of benzene rings is 1. The molecule has 1 aliphatic heterocycles. The smallest absolute Gasteiger partial charge is 0.229 e. The second kappa shape index (κ2) is 7.99. The number of nitrogens with two attached hydrogens (primary N) is 1. The first-order chi connectivity index (χ1) is 14.5. The van der Waals surface area contributed by atoms with Gasteiger partial charge in [0.2, 0.25) is 11.9 Å². The molecule has 3 N–H and O–H groups in total. The van der Waals surface area contributed by atoms with Gasteiger partial charge in [-0.05, 0) is 23.8 Å². The Morgan fingerprint density at radius 2 is 2.07 bits per heavy atom. The fourth-order valence-electron chi connectivity index (χ4n) is 3.11. The largest absolute Gasteiger partial charge is 0.486 e. The zero-order valence-electron chi connectivity index (χ0n) is 16.0. The first-order valence-corrected chi connectivity index (χ1v) is 9.15. The minimum absolute atomic E-state index is 0.0443. The molecular formula is C20H18F2N6O2.